The third kappa shape index (κ3) is 2.81. The van der Waals surface area contributed by atoms with Gasteiger partial charge in [-0.25, -0.2) is 0 Å². The van der Waals surface area contributed by atoms with Crippen LogP contribution in [0.4, 0.5) is 0 Å². The van der Waals surface area contributed by atoms with Gasteiger partial charge in [0.25, 0.3) is 0 Å². The van der Waals surface area contributed by atoms with E-state index in [1.54, 1.807) is 0 Å². The molecule has 1 aromatic rings. The highest BCUT2D eigenvalue weighted by Gasteiger charge is 2.35. The van der Waals surface area contributed by atoms with Crippen molar-refractivity contribution in [3.63, 3.8) is 0 Å². The predicted octanol–water partition coefficient (Wildman–Crippen LogP) is 3.21. The maximum Gasteiger partial charge on any atom is 0.170 e. The van der Waals surface area contributed by atoms with Crippen molar-refractivity contribution in [1.82, 2.24) is 5.32 Å². The summed E-state index contributed by atoms with van der Waals surface area (Å²) in [6.07, 6.45) is 4.26. The van der Waals surface area contributed by atoms with Gasteiger partial charge in [-0.15, -0.1) is 0 Å². The van der Waals surface area contributed by atoms with E-state index in [0.29, 0.717) is 5.78 Å². The van der Waals surface area contributed by atoms with Gasteiger partial charge >= 0.3 is 0 Å². The number of carbonyl (C=O) groups excluding carboxylic acids is 1. The van der Waals surface area contributed by atoms with Crippen LogP contribution >= 0.6 is 0 Å². The van der Waals surface area contributed by atoms with E-state index in [4.69, 9.17) is 0 Å². The lowest BCUT2D eigenvalue weighted by Crippen LogP contribution is -2.43. The van der Waals surface area contributed by atoms with E-state index in [0.717, 1.165) is 44.3 Å². The lowest BCUT2D eigenvalue weighted by atomic mass is 9.76. The van der Waals surface area contributed by atoms with E-state index >= 15 is 0 Å². The molecule has 1 atom stereocenters. The number of rotatable bonds is 4. The van der Waals surface area contributed by atoms with Crippen LogP contribution in [0.5, 0.6) is 0 Å². The highest BCUT2D eigenvalue weighted by molar-refractivity contribution is 6.00. The highest BCUT2D eigenvalue weighted by Crippen LogP contribution is 2.30. The molecule has 1 fully saturated rings. The molecule has 2 nitrogen and oxygen atoms in total. The number of piperidine rings is 1. The predicted molar refractivity (Wildman–Crippen MR) is 75.0 cm³/mol. The van der Waals surface area contributed by atoms with Gasteiger partial charge in [0.05, 0.1) is 0 Å². The maximum atomic E-state index is 12.6. The van der Waals surface area contributed by atoms with Crippen molar-refractivity contribution < 1.29 is 4.79 Å². The fourth-order valence-corrected chi connectivity index (χ4v) is 2.76. The Morgan fingerprint density at radius 2 is 2.28 bits per heavy atom. The number of ketones is 1. The molecule has 18 heavy (non-hydrogen) atoms. The fraction of sp³-hybridized carbons (Fsp3) is 0.562. The van der Waals surface area contributed by atoms with Crippen LogP contribution in [0.1, 0.15) is 49.0 Å². The highest BCUT2D eigenvalue weighted by atomic mass is 16.1. The van der Waals surface area contributed by atoms with Gasteiger partial charge in [0.1, 0.15) is 0 Å². The van der Waals surface area contributed by atoms with Crippen molar-refractivity contribution in [3.8, 4) is 0 Å². The van der Waals surface area contributed by atoms with Crippen molar-refractivity contribution in [2.45, 2.75) is 39.5 Å². The largest absolute Gasteiger partial charge is 0.316 e. The summed E-state index contributed by atoms with van der Waals surface area (Å²) in [4.78, 5) is 12.6. The number of benzene rings is 1. The summed E-state index contributed by atoms with van der Waals surface area (Å²) >= 11 is 0. The molecule has 1 aliphatic heterocycles. The quantitative estimate of drug-likeness (QED) is 0.825. The Morgan fingerprint density at radius 1 is 1.44 bits per heavy atom. The molecule has 0 spiro atoms. The van der Waals surface area contributed by atoms with E-state index in [1.165, 1.54) is 5.56 Å². The molecule has 98 valence electrons. The van der Waals surface area contributed by atoms with Gasteiger partial charge < -0.3 is 5.32 Å². The molecule has 2 rings (SSSR count). The van der Waals surface area contributed by atoms with E-state index < -0.39 is 0 Å². The van der Waals surface area contributed by atoms with Gasteiger partial charge in [-0.1, -0.05) is 38.5 Å². The van der Waals surface area contributed by atoms with Crippen LogP contribution in [0.25, 0.3) is 0 Å². The van der Waals surface area contributed by atoms with Gasteiger partial charge in [-0.05, 0) is 37.4 Å². The average Bonchev–Trinajstić information content (AvgIpc) is 2.39. The summed E-state index contributed by atoms with van der Waals surface area (Å²) in [5, 5.41) is 3.34. The molecule has 1 N–H and O–H groups in total. The van der Waals surface area contributed by atoms with E-state index in [-0.39, 0.29) is 5.41 Å². The Bertz CT molecular complexity index is 419. The molecule has 0 aromatic heterocycles. The second kappa shape index (κ2) is 5.66. The number of hydrogen-bond donors (Lipinski definition) is 1. The Hall–Kier alpha value is -1.15. The molecule has 0 bridgehead atoms. The molecule has 0 radical (unpaired) electrons. The van der Waals surface area contributed by atoms with Crippen molar-refractivity contribution in [2.75, 3.05) is 13.1 Å². The second-order valence-electron chi connectivity index (χ2n) is 5.62. The van der Waals surface area contributed by atoms with E-state index in [9.17, 15) is 4.79 Å². The minimum absolute atomic E-state index is 0.219. The molecule has 0 saturated carbocycles. The second-order valence-corrected chi connectivity index (χ2v) is 5.62. The van der Waals surface area contributed by atoms with Crippen molar-refractivity contribution in [2.24, 2.45) is 5.41 Å². The first-order valence-corrected chi connectivity index (χ1v) is 7.00. The number of aryl methyl sites for hydroxylation is 1. The smallest absolute Gasteiger partial charge is 0.170 e. The van der Waals surface area contributed by atoms with Crippen molar-refractivity contribution >= 4 is 5.78 Å². The van der Waals surface area contributed by atoms with E-state index in [2.05, 4.69) is 31.3 Å². The number of carbonyl (C=O) groups is 1. The normalized spacial score (nSPS) is 23.9. The molecule has 1 aromatic carbocycles. The lowest BCUT2D eigenvalue weighted by molar-refractivity contribution is 0.0773. The summed E-state index contributed by atoms with van der Waals surface area (Å²) in [7, 11) is 0. The van der Waals surface area contributed by atoms with Crippen LogP contribution in [-0.4, -0.2) is 18.9 Å². The minimum atomic E-state index is -0.219. The lowest BCUT2D eigenvalue weighted by Gasteiger charge is -2.32. The van der Waals surface area contributed by atoms with Gasteiger partial charge in [-0.3, -0.25) is 4.79 Å². The van der Waals surface area contributed by atoms with Gasteiger partial charge in [0.2, 0.25) is 0 Å². The molecule has 0 amide bonds. The SMILES string of the molecule is CCCc1cccc(C(=O)C2(C)CCCNC2)c1. The zero-order valence-electron chi connectivity index (χ0n) is 11.5. The summed E-state index contributed by atoms with van der Waals surface area (Å²) in [5.74, 6) is 0.299. The molecule has 2 heteroatoms. The van der Waals surface area contributed by atoms with Crippen LogP contribution in [0, 0.1) is 5.41 Å². The van der Waals surface area contributed by atoms with Crippen LogP contribution in [0.2, 0.25) is 0 Å². The van der Waals surface area contributed by atoms with Crippen molar-refractivity contribution in [1.29, 1.82) is 0 Å². The molecule has 1 saturated heterocycles. The zero-order valence-corrected chi connectivity index (χ0v) is 11.5. The zero-order chi connectivity index (χ0) is 13.0. The van der Waals surface area contributed by atoms with Gasteiger partial charge in [0.15, 0.2) is 5.78 Å². The minimum Gasteiger partial charge on any atom is -0.316 e. The topological polar surface area (TPSA) is 29.1 Å². The van der Waals surface area contributed by atoms with Gasteiger partial charge in [-0.2, -0.15) is 0 Å². The van der Waals surface area contributed by atoms with Crippen LogP contribution in [-0.2, 0) is 6.42 Å². The summed E-state index contributed by atoms with van der Waals surface area (Å²) < 4.78 is 0. The number of nitrogens with one attached hydrogen (secondary N) is 1. The monoisotopic (exact) mass is 245 g/mol. The maximum absolute atomic E-state index is 12.6. The number of Topliss-reactive ketones (excluding diaryl/α,β-unsaturated/α-hetero) is 1. The first-order valence-electron chi connectivity index (χ1n) is 7.00. The van der Waals surface area contributed by atoms with Crippen LogP contribution < -0.4 is 5.32 Å². The van der Waals surface area contributed by atoms with Crippen LogP contribution in [0.3, 0.4) is 0 Å². The summed E-state index contributed by atoms with van der Waals surface area (Å²) in [5.41, 5.74) is 1.94. The molecule has 1 unspecified atom stereocenters. The fourth-order valence-electron chi connectivity index (χ4n) is 2.76. The summed E-state index contributed by atoms with van der Waals surface area (Å²) in [6, 6.07) is 8.16. The third-order valence-corrected chi connectivity index (χ3v) is 3.87. The van der Waals surface area contributed by atoms with Gasteiger partial charge in [0, 0.05) is 17.5 Å². The third-order valence-electron chi connectivity index (χ3n) is 3.87. The molecular weight excluding hydrogens is 222 g/mol. The number of hydrogen-bond acceptors (Lipinski definition) is 2. The molecule has 1 aliphatic rings. The Morgan fingerprint density at radius 3 is 2.94 bits per heavy atom. The molecule has 1 heterocycles. The first-order chi connectivity index (χ1) is 8.65. The molecule has 0 aliphatic carbocycles. The van der Waals surface area contributed by atoms with Crippen LogP contribution in [0.15, 0.2) is 24.3 Å². The Labute approximate surface area is 110 Å². The Balaban J connectivity index is 2.19. The van der Waals surface area contributed by atoms with E-state index in [1.807, 2.05) is 12.1 Å². The standard InChI is InChI=1S/C16H23NO/c1-3-6-13-7-4-8-14(11-13)15(18)16(2)9-5-10-17-12-16/h4,7-8,11,17H,3,5-6,9-10,12H2,1-2H3. The molecular formula is C16H23NO. The van der Waals surface area contributed by atoms with Crippen molar-refractivity contribution in [3.05, 3.63) is 35.4 Å². The first kappa shape index (κ1) is 13.3. The average molecular weight is 245 g/mol. The summed E-state index contributed by atoms with van der Waals surface area (Å²) in [6.45, 7) is 6.11. The Kier molecular flexibility index (Phi) is 4.18.